The Morgan fingerprint density at radius 2 is 1.68 bits per heavy atom. The first-order valence-electron chi connectivity index (χ1n) is 11.4. The molecular formula is C26H26Cl2FN3O5S. The lowest BCUT2D eigenvalue weighted by molar-refractivity contribution is -0.118. The van der Waals surface area contributed by atoms with Gasteiger partial charge < -0.3 is 15.4 Å². The lowest BCUT2D eigenvalue weighted by atomic mass is 10.0. The zero-order valence-corrected chi connectivity index (χ0v) is 23.0. The highest BCUT2D eigenvalue weighted by molar-refractivity contribution is 7.92. The lowest BCUT2D eigenvalue weighted by Crippen LogP contribution is -2.44. The number of anilines is 2. The molecule has 0 spiro atoms. The van der Waals surface area contributed by atoms with Crippen molar-refractivity contribution in [3.8, 4) is 5.75 Å². The van der Waals surface area contributed by atoms with Crippen molar-refractivity contribution >= 4 is 56.4 Å². The summed E-state index contributed by atoms with van der Waals surface area (Å²) in [7, 11) is -2.72. The molecule has 3 aromatic rings. The molecule has 202 valence electrons. The molecule has 0 aliphatic heterocycles. The quantitative estimate of drug-likeness (QED) is 0.283. The maximum Gasteiger partial charge on any atom is 0.262 e. The predicted octanol–water partition coefficient (Wildman–Crippen LogP) is 5.73. The number of hydrogen-bond donors (Lipinski definition) is 3. The number of ether oxygens (including phenoxy) is 1. The fourth-order valence-corrected chi connectivity index (χ4v) is 5.08. The number of amides is 2. The summed E-state index contributed by atoms with van der Waals surface area (Å²) in [6.45, 7) is 3.80. The molecule has 12 heteroatoms. The van der Waals surface area contributed by atoms with Gasteiger partial charge in [-0.2, -0.15) is 0 Å². The maximum absolute atomic E-state index is 13.2. The zero-order valence-electron chi connectivity index (χ0n) is 20.7. The fraction of sp³-hybridized carbons (Fsp3) is 0.231. The Balaban J connectivity index is 1.82. The van der Waals surface area contributed by atoms with Crippen molar-refractivity contribution in [2.24, 2.45) is 5.92 Å². The molecule has 0 saturated carbocycles. The molecule has 0 aliphatic rings. The summed E-state index contributed by atoms with van der Waals surface area (Å²) in [6, 6.07) is 12.2. The average Bonchev–Trinajstić information content (AvgIpc) is 2.83. The summed E-state index contributed by atoms with van der Waals surface area (Å²) in [5.41, 5.74) is 0.465. The molecule has 1 atom stereocenters. The molecule has 0 radical (unpaired) electrons. The van der Waals surface area contributed by atoms with Crippen molar-refractivity contribution in [1.29, 1.82) is 0 Å². The van der Waals surface area contributed by atoms with E-state index in [9.17, 15) is 22.4 Å². The molecule has 3 N–H and O–H groups in total. The Labute approximate surface area is 230 Å². The molecule has 38 heavy (non-hydrogen) atoms. The van der Waals surface area contributed by atoms with Crippen LogP contribution in [0.3, 0.4) is 0 Å². The van der Waals surface area contributed by atoms with Gasteiger partial charge in [-0.1, -0.05) is 37.0 Å². The van der Waals surface area contributed by atoms with Crippen molar-refractivity contribution in [3.05, 3.63) is 82.1 Å². The second kappa shape index (κ2) is 12.5. The summed E-state index contributed by atoms with van der Waals surface area (Å²) in [5, 5.41) is 5.92. The highest BCUT2D eigenvalue weighted by Gasteiger charge is 2.24. The molecule has 0 saturated heterocycles. The van der Waals surface area contributed by atoms with Crippen molar-refractivity contribution < 1.29 is 27.1 Å². The molecule has 3 rings (SSSR count). The third-order valence-electron chi connectivity index (χ3n) is 5.34. The summed E-state index contributed by atoms with van der Waals surface area (Å²) in [6.07, 6.45) is 0.322. The Morgan fingerprint density at radius 3 is 2.29 bits per heavy atom. The van der Waals surface area contributed by atoms with E-state index in [1.54, 1.807) is 0 Å². The molecule has 0 bridgehead atoms. The van der Waals surface area contributed by atoms with Crippen LogP contribution in [-0.4, -0.2) is 33.4 Å². The van der Waals surface area contributed by atoms with Crippen molar-refractivity contribution in [3.63, 3.8) is 0 Å². The van der Waals surface area contributed by atoms with Gasteiger partial charge in [0.05, 0.1) is 28.3 Å². The summed E-state index contributed by atoms with van der Waals surface area (Å²) in [5.74, 6) is -1.39. The predicted molar refractivity (Wildman–Crippen MR) is 146 cm³/mol. The number of benzene rings is 3. The van der Waals surface area contributed by atoms with Gasteiger partial charge in [-0.05, 0) is 73.0 Å². The summed E-state index contributed by atoms with van der Waals surface area (Å²) >= 11 is 12.0. The van der Waals surface area contributed by atoms with Crippen LogP contribution in [0.15, 0.2) is 65.6 Å². The van der Waals surface area contributed by atoms with E-state index >= 15 is 0 Å². The van der Waals surface area contributed by atoms with E-state index in [2.05, 4.69) is 15.4 Å². The molecular weight excluding hydrogens is 556 g/mol. The van der Waals surface area contributed by atoms with Crippen molar-refractivity contribution in [2.45, 2.75) is 31.2 Å². The number of rotatable bonds is 10. The summed E-state index contributed by atoms with van der Waals surface area (Å²) < 4.78 is 46.5. The normalized spacial score (nSPS) is 12.1. The van der Waals surface area contributed by atoms with Gasteiger partial charge in [0.25, 0.3) is 15.9 Å². The molecule has 8 nitrogen and oxygen atoms in total. The van der Waals surface area contributed by atoms with Crippen LogP contribution in [0.1, 0.15) is 30.6 Å². The number of hydrogen-bond acceptors (Lipinski definition) is 5. The Morgan fingerprint density at radius 1 is 1.00 bits per heavy atom. The van der Waals surface area contributed by atoms with Crippen LogP contribution in [0, 0.1) is 11.7 Å². The van der Waals surface area contributed by atoms with Crippen LogP contribution >= 0.6 is 23.2 Å². The van der Waals surface area contributed by atoms with Gasteiger partial charge in [0.1, 0.15) is 17.6 Å². The minimum atomic E-state index is -4.08. The number of methoxy groups -OCH3 is 1. The average molecular weight is 582 g/mol. The second-order valence-electron chi connectivity index (χ2n) is 8.74. The SMILES string of the molecule is COc1ccc(NC(=O)[C@H](CC(C)C)NC(=O)c2ccc(Cl)cc2Cl)cc1NS(=O)(=O)c1ccc(F)cc1. The van der Waals surface area contributed by atoms with Crippen molar-refractivity contribution in [1.82, 2.24) is 5.32 Å². The number of halogens is 3. The Hall–Kier alpha value is -3.34. The monoisotopic (exact) mass is 581 g/mol. The smallest absolute Gasteiger partial charge is 0.262 e. The van der Waals surface area contributed by atoms with Gasteiger partial charge in [0.15, 0.2) is 0 Å². The first-order chi connectivity index (χ1) is 17.9. The van der Waals surface area contributed by atoms with Crippen LogP contribution in [0.25, 0.3) is 0 Å². The van der Waals surface area contributed by atoms with Gasteiger partial charge in [0.2, 0.25) is 5.91 Å². The van der Waals surface area contributed by atoms with E-state index in [0.717, 1.165) is 24.3 Å². The molecule has 0 aromatic heterocycles. The second-order valence-corrected chi connectivity index (χ2v) is 11.3. The topological polar surface area (TPSA) is 114 Å². The minimum Gasteiger partial charge on any atom is -0.495 e. The highest BCUT2D eigenvalue weighted by Crippen LogP contribution is 2.30. The molecule has 0 aliphatic carbocycles. The first-order valence-corrected chi connectivity index (χ1v) is 13.7. The molecule has 0 fully saturated rings. The van der Waals surface area contributed by atoms with Gasteiger partial charge in [-0.3, -0.25) is 14.3 Å². The molecule has 3 aromatic carbocycles. The van der Waals surface area contributed by atoms with E-state index in [4.69, 9.17) is 27.9 Å². The number of sulfonamides is 1. The lowest BCUT2D eigenvalue weighted by Gasteiger charge is -2.21. The molecule has 0 unspecified atom stereocenters. The Kier molecular flexibility index (Phi) is 9.59. The van der Waals surface area contributed by atoms with Gasteiger partial charge in [-0.25, -0.2) is 12.8 Å². The van der Waals surface area contributed by atoms with Gasteiger partial charge in [0, 0.05) is 10.7 Å². The minimum absolute atomic E-state index is 0.0482. The van der Waals surface area contributed by atoms with E-state index in [0.29, 0.717) is 11.4 Å². The van der Waals surface area contributed by atoms with E-state index < -0.39 is 33.7 Å². The largest absolute Gasteiger partial charge is 0.495 e. The highest BCUT2D eigenvalue weighted by atomic mass is 35.5. The van der Waals surface area contributed by atoms with Crippen LogP contribution in [-0.2, 0) is 14.8 Å². The molecule has 0 heterocycles. The third-order valence-corrected chi connectivity index (χ3v) is 7.27. The fourth-order valence-electron chi connectivity index (χ4n) is 3.52. The van der Waals surface area contributed by atoms with Crippen LogP contribution in [0.4, 0.5) is 15.8 Å². The standard InChI is InChI=1S/C26H26Cl2FN3O5S/c1-15(2)12-23(31-25(33)20-10-4-16(27)13-21(20)28)26(34)30-18-7-11-24(37-3)22(14-18)32-38(35,36)19-8-5-17(29)6-9-19/h4-11,13-15,23,32H,12H2,1-3H3,(H,30,34)(H,31,33)/t23-/m0/s1. The van der Waals surface area contributed by atoms with Crippen LogP contribution in [0.2, 0.25) is 10.0 Å². The van der Waals surface area contributed by atoms with E-state index in [-0.39, 0.29) is 38.5 Å². The number of nitrogens with one attached hydrogen (secondary N) is 3. The maximum atomic E-state index is 13.2. The van der Waals surface area contributed by atoms with Gasteiger partial charge >= 0.3 is 0 Å². The van der Waals surface area contributed by atoms with Crippen molar-refractivity contribution in [2.75, 3.05) is 17.1 Å². The van der Waals surface area contributed by atoms with Gasteiger partial charge in [-0.15, -0.1) is 0 Å². The molecule has 2 amide bonds. The van der Waals surface area contributed by atoms with E-state index in [1.165, 1.54) is 43.5 Å². The third kappa shape index (κ3) is 7.59. The Bertz CT molecular complexity index is 1430. The summed E-state index contributed by atoms with van der Waals surface area (Å²) in [4.78, 5) is 25.9. The first kappa shape index (κ1) is 29.2. The van der Waals surface area contributed by atoms with Crippen LogP contribution < -0.4 is 20.1 Å². The van der Waals surface area contributed by atoms with E-state index in [1.807, 2.05) is 13.8 Å². The zero-order chi connectivity index (χ0) is 28.0. The number of carbonyl (C=O) groups excluding carboxylic acids is 2. The number of carbonyl (C=O) groups is 2. The van der Waals surface area contributed by atoms with Crippen LogP contribution in [0.5, 0.6) is 5.75 Å².